The van der Waals surface area contributed by atoms with E-state index in [0.717, 1.165) is 54.2 Å². The number of fused-ring (bicyclic) bond motifs is 3. The zero-order valence-electron chi connectivity index (χ0n) is 22.0. The number of carbonyl (C=O) groups is 1. The Hall–Kier alpha value is -4.48. The smallest absolute Gasteiger partial charge is 0.254 e. The molecule has 0 aliphatic carbocycles. The molecule has 0 atom stereocenters. The summed E-state index contributed by atoms with van der Waals surface area (Å²) in [5, 5.41) is 4.81. The van der Waals surface area contributed by atoms with Crippen molar-refractivity contribution in [2.24, 2.45) is 0 Å². The molecule has 0 N–H and O–H groups in total. The fraction of sp³-hybridized carbons (Fsp3) is 0.176. The van der Waals surface area contributed by atoms with Crippen molar-refractivity contribution in [2.45, 2.75) is 6.54 Å². The summed E-state index contributed by atoms with van der Waals surface area (Å²) in [7, 11) is 2.11. The van der Waals surface area contributed by atoms with Gasteiger partial charge in [-0.3, -0.25) is 4.79 Å². The fourth-order valence-corrected chi connectivity index (χ4v) is 5.83. The standard InChI is InChI=1S/C34H30N4O/c1-36-18-20-37(21-19-36)34(39)26-16-17-31-32(22-26)38(23-27-12-6-10-24-8-2-4-13-28(24)27)33(35-31)30-15-7-11-25-9-3-5-14-29(25)30/h2-17,22H,18-21,23H2,1H3. The van der Waals surface area contributed by atoms with Gasteiger partial charge in [-0.15, -0.1) is 0 Å². The van der Waals surface area contributed by atoms with Crippen LogP contribution in [0.15, 0.2) is 103 Å². The lowest BCUT2D eigenvalue weighted by Crippen LogP contribution is -2.47. The SMILES string of the molecule is CN1CCN(C(=O)c2ccc3nc(-c4cccc5ccccc45)n(Cc4cccc5ccccc45)c3c2)CC1. The summed E-state index contributed by atoms with van der Waals surface area (Å²) >= 11 is 0. The number of imidazole rings is 1. The van der Waals surface area contributed by atoms with Crippen molar-refractivity contribution in [1.29, 1.82) is 0 Å². The molecule has 0 unspecified atom stereocenters. The molecule has 6 aromatic rings. The minimum atomic E-state index is 0.0922. The number of aromatic nitrogens is 2. The van der Waals surface area contributed by atoms with E-state index in [9.17, 15) is 4.79 Å². The van der Waals surface area contributed by atoms with Gasteiger partial charge in [0.1, 0.15) is 5.82 Å². The lowest BCUT2D eigenvalue weighted by molar-refractivity contribution is 0.0664. The van der Waals surface area contributed by atoms with Crippen LogP contribution in [0.3, 0.4) is 0 Å². The van der Waals surface area contributed by atoms with Crippen LogP contribution in [0, 0.1) is 0 Å². The number of piperazine rings is 1. The van der Waals surface area contributed by atoms with Crippen molar-refractivity contribution in [2.75, 3.05) is 33.2 Å². The minimum absolute atomic E-state index is 0.0922. The Morgan fingerprint density at radius 1 is 0.744 bits per heavy atom. The Labute approximate surface area is 227 Å². The van der Waals surface area contributed by atoms with Crippen molar-refractivity contribution in [1.82, 2.24) is 19.4 Å². The third-order valence-corrected chi connectivity index (χ3v) is 8.02. The molecule has 1 saturated heterocycles. The molecule has 1 aliphatic rings. The third-order valence-electron chi connectivity index (χ3n) is 8.02. The van der Waals surface area contributed by atoms with Gasteiger partial charge in [0.15, 0.2) is 0 Å². The normalized spacial score (nSPS) is 14.4. The van der Waals surface area contributed by atoms with Crippen LogP contribution in [-0.2, 0) is 6.54 Å². The van der Waals surface area contributed by atoms with Crippen molar-refractivity contribution < 1.29 is 4.79 Å². The van der Waals surface area contributed by atoms with Gasteiger partial charge in [0.25, 0.3) is 5.91 Å². The molecule has 5 heteroatoms. The fourth-order valence-electron chi connectivity index (χ4n) is 5.83. The van der Waals surface area contributed by atoms with E-state index in [2.05, 4.69) is 101 Å². The molecular weight excluding hydrogens is 480 g/mol. The molecule has 7 rings (SSSR count). The Morgan fingerprint density at radius 3 is 2.21 bits per heavy atom. The van der Waals surface area contributed by atoms with Crippen LogP contribution in [0.25, 0.3) is 44.0 Å². The number of amides is 1. The summed E-state index contributed by atoms with van der Waals surface area (Å²) in [6.07, 6.45) is 0. The summed E-state index contributed by atoms with van der Waals surface area (Å²) in [4.78, 5) is 22.9. The first-order chi connectivity index (χ1) is 19.2. The van der Waals surface area contributed by atoms with E-state index < -0.39 is 0 Å². The Morgan fingerprint density at radius 2 is 1.41 bits per heavy atom. The van der Waals surface area contributed by atoms with E-state index in [0.29, 0.717) is 6.54 Å². The largest absolute Gasteiger partial charge is 0.336 e. The molecule has 5 nitrogen and oxygen atoms in total. The van der Waals surface area contributed by atoms with Crippen molar-refractivity contribution >= 4 is 38.5 Å². The van der Waals surface area contributed by atoms with Crippen LogP contribution in [0.1, 0.15) is 15.9 Å². The van der Waals surface area contributed by atoms with Crippen LogP contribution < -0.4 is 0 Å². The lowest BCUT2D eigenvalue weighted by Gasteiger charge is -2.32. The van der Waals surface area contributed by atoms with Gasteiger partial charge >= 0.3 is 0 Å². The molecule has 1 aliphatic heterocycles. The number of benzene rings is 5. The van der Waals surface area contributed by atoms with Crippen LogP contribution in [-0.4, -0.2) is 58.5 Å². The second kappa shape index (κ2) is 9.68. The number of likely N-dealkylation sites (N-methyl/N-ethyl adjacent to an activating group) is 1. The summed E-state index contributed by atoms with van der Waals surface area (Å²) < 4.78 is 2.29. The summed E-state index contributed by atoms with van der Waals surface area (Å²) in [5.41, 5.74) is 4.91. The molecule has 192 valence electrons. The van der Waals surface area contributed by atoms with E-state index in [-0.39, 0.29) is 5.91 Å². The third kappa shape index (κ3) is 4.25. The second-order valence-electron chi connectivity index (χ2n) is 10.5. The van der Waals surface area contributed by atoms with E-state index in [1.54, 1.807) is 0 Å². The number of rotatable bonds is 4. The zero-order valence-corrected chi connectivity index (χ0v) is 22.0. The maximum Gasteiger partial charge on any atom is 0.254 e. The maximum atomic E-state index is 13.5. The zero-order chi connectivity index (χ0) is 26.3. The Kier molecular flexibility index (Phi) is 5.86. The first kappa shape index (κ1) is 23.6. The van der Waals surface area contributed by atoms with Gasteiger partial charge in [-0.2, -0.15) is 0 Å². The summed E-state index contributed by atoms with van der Waals surface area (Å²) in [5.74, 6) is 1.01. The second-order valence-corrected chi connectivity index (χ2v) is 10.5. The number of carbonyl (C=O) groups excluding carboxylic acids is 1. The van der Waals surface area contributed by atoms with Gasteiger partial charge in [0, 0.05) is 37.3 Å². The molecule has 5 aromatic carbocycles. The van der Waals surface area contributed by atoms with E-state index >= 15 is 0 Å². The molecule has 0 bridgehead atoms. The highest BCUT2D eigenvalue weighted by molar-refractivity contribution is 6.00. The highest BCUT2D eigenvalue weighted by atomic mass is 16.2. The maximum absolute atomic E-state index is 13.5. The molecule has 2 heterocycles. The van der Waals surface area contributed by atoms with Crippen molar-refractivity contribution in [3.8, 4) is 11.4 Å². The predicted octanol–water partition coefficient (Wildman–Crippen LogP) is 6.45. The monoisotopic (exact) mass is 510 g/mol. The van der Waals surface area contributed by atoms with Gasteiger partial charge in [-0.1, -0.05) is 84.9 Å². The molecule has 1 fully saturated rings. The topological polar surface area (TPSA) is 41.4 Å². The van der Waals surface area contributed by atoms with E-state index in [4.69, 9.17) is 4.98 Å². The molecular formula is C34H30N4O. The van der Waals surface area contributed by atoms with Gasteiger partial charge < -0.3 is 14.4 Å². The van der Waals surface area contributed by atoms with Gasteiger partial charge in [0.05, 0.1) is 17.6 Å². The first-order valence-corrected chi connectivity index (χ1v) is 13.6. The van der Waals surface area contributed by atoms with Crippen LogP contribution in [0.4, 0.5) is 0 Å². The van der Waals surface area contributed by atoms with Crippen LogP contribution in [0.5, 0.6) is 0 Å². The first-order valence-electron chi connectivity index (χ1n) is 13.6. The van der Waals surface area contributed by atoms with E-state index in [1.807, 2.05) is 23.1 Å². The van der Waals surface area contributed by atoms with Gasteiger partial charge in [-0.25, -0.2) is 4.98 Å². The highest BCUT2D eigenvalue weighted by Gasteiger charge is 2.22. The molecule has 1 aromatic heterocycles. The average Bonchev–Trinajstić information content (AvgIpc) is 3.34. The van der Waals surface area contributed by atoms with Gasteiger partial charge in [0.2, 0.25) is 0 Å². The number of hydrogen-bond acceptors (Lipinski definition) is 3. The number of hydrogen-bond donors (Lipinski definition) is 0. The predicted molar refractivity (Wildman–Crippen MR) is 159 cm³/mol. The van der Waals surface area contributed by atoms with Crippen molar-refractivity contribution in [3.05, 3.63) is 114 Å². The molecule has 39 heavy (non-hydrogen) atoms. The van der Waals surface area contributed by atoms with Crippen LogP contribution in [0.2, 0.25) is 0 Å². The Balaban J connectivity index is 1.41. The molecule has 0 saturated carbocycles. The lowest BCUT2D eigenvalue weighted by atomic mass is 10.0. The summed E-state index contributed by atoms with van der Waals surface area (Å²) in [6.45, 7) is 3.97. The van der Waals surface area contributed by atoms with Crippen LogP contribution >= 0.6 is 0 Å². The van der Waals surface area contributed by atoms with E-state index in [1.165, 1.54) is 27.1 Å². The molecule has 0 radical (unpaired) electrons. The minimum Gasteiger partial charge on any atom is -0.336 e. The average molecular weight is 511 g/mol. The van der Waals surface area contributed by atoms with Gasteiger partial charge in [-0.05, 0) is 52.4 Å². The van der Waals surface area contributed by atoms with Crippen molar-refractivity contribution in [3.63, 3.8) is 0 Å². The summed E-state index contributed by atoms with van der Waals surface area (Å²) in [6, 6.07) is 35.8. The highest BCUT2D eigenvalue weighted by Crippen LogP contribution is 2.33. The quantitative estimate of drug-likeness (QED) is 0.274. The molecule has 0 spiro atoms. The Bertz CT molecular complexity index is 1830. The molecule has 1 amide bonds. The number of nitrogens with zero attached hydrogens (tertiary/aromatic N) is 4.